The molecule has 0 saturated carbocycles. The second-order valence-electron chi connectivity index (χ2n) is 3.78. The van der Waals surface area contributed by atoms with E-state index in [-0.39, 0.29) is 5.91 Å². The molecule has 1 aromatic carbocycles. The highest BCUT2D eigenvalue weighted by molar-refractivity contribution is 9.10. The number of nitrogen functional groups attached to an aromatic ring is 1. The fraction of sp³-hybridized carbons (Fsp3) is 0.0769. The number of nitrogens with zero attached hydrogens (tertiary/aromatic N) is 1. The van der Waals surface area contributed by atoms with Crippen molar-refractivity contribution in [3.8, 4) is 0 Å². The van der Waals surface area contributed by atoms with E-state index in [0.29, 0.717) is 17.8 Å². The average Bonchev–Trinajstić information content (AvgIpc) is 2.37. The molecular formula is C13H12BrN3O. The van der Waals surface area contributed by atoms with Gasteiger partial charge in [0.1, 0.15) is 0 Å². The molecule has 92 valence electrons. The fourth-order valence-electron chi connectivity index (χ4n) is 1.52. The standard InChI is InChI=1S/C13H12BrN3O/c14-10-3-1-2-9(6-10)7-17-13(18)11-8-16-5-4-12(11)15/h1-6,8H,7H2,(H2,15,16)(H,17,18). The lowest BCUT2D eigenvalue weighted by atomic mass is 10.2. The topological polar surface area (TPSA) is 68.0 Å². The Morgan fingerprint density at radius 3 is 2.94 bits per heavy atom. The molecule has 0 bridgehead atoms. The van der Waals surface area contributed by atoms with Gasteiger partial charge in [0.25, 0.3) is 5.91 Å². The molecule has 0 aliphatic rings. The minimum atomic E-state index is -0.222. The van der Waals surface area contributed by atoms with Gasteiger partial charge in [-0.2, -0.15) is 0 Å². The zero-order valence-corrected chi connectivity index (χ0v) is 11.1. The molecule has 0 fully saturated rings. The van der Waals surface area contributed by atoms with Gasteiger partial charge in [0.2, 0.25) is 0 Å². The maximum absolute atomic E-state index is 11.9. The van der Waals surface area contributed by atoms with Crippen LogP contribution >= 0.6 is 15.9 Å². The van der Waals surface area contributed by atoms with Crippen molar-refractivity contribution in [2.45, 2.75) is 6.54 Å². The zero-order valence-electron chi connectivity index (χ0n) is 9.56. The van der Waals surface area contributed by atoms with Gasteiger partial charge >= 0.3 is 0 Å². The van der Waals surface area contributed by atoms with E-state index in [0.717, 1.165) is 10.0 Å². The molecule has 1 amide bonds. The summed E-state index contributed by atoms with van der Waals surface area (Å²) in [5, 5.41) is 2.80. The molecule has 3 N–H and O–H groups in total. The van der Waals surface area contributed by atoms with E-state index in [2.05, 4.69) is 26.2 Å². The van der Waals surface area contributed by atoms with Crippen LogP contribution in [-0.2, 0) is 6.54 Å². The van der Waals surface area contributed by atoms with Crippen molar-refractivity contribution in [2.75, 3.05) is 5.73 Å². The SMILES string of the molecule is Nc1ccncc1C(=O)NCc1cccc(Br)c1. The van der Waals surface area contributed by atoms with Crippen LogP contribution in [0.5, 0.6) is 0 Å². The highest BCUT2D eigenvalue weighted by atomic mass is 79.9. The smallest absolute Gasteiger partial charge is 0.255 e. The summed E-state index contributed by atoms with van der Waals surface area (Å²) in [4.78, 5) is 15.8. The fourth-order valence-corrected chi connectivity index (χ4v) is 1.97. The molecule has 0 atom stereocenters. The molecule has 0 saturated heterocycles. The molecule has 5 heteroatoms. The second kappa shape index (κ2) is 5.64. The van der Waals surface area contributed by atoms with Gasteiger partial charge in [-0.25, -0.2) is 0 Å². The van der Waals surface area contributed by atoms with Crippen LogP contribution in [0, 0.1) is 0 Å². The lowest BCUT2D eigenvalue weighted by Crippen LogP contribution is -2.23. The third-order valence-corrected chi connectivity index (χ3v) is 2.93. The van der Waals surface area contributed by atoms with Crippen molar-refractivity contribution in [2.24, 2.45) is 0 Å². The summed E-state index contributed by atoms with van der Waals surface area (Å²) in [6.45, 7) is 0.451. The van der Waals surface area contributed by atoms with Crippen molar-refractivity contribution in [3.63, 3.8) is 0 Å². The molecule has 0 unspecified atom stereocenters. The molecular weight excluding hydrogens is 294 g/mol. The molecule has 1 aromatic heterocycles. The summed E-state index contributed by atoms with van der Waals surface area (Å²) in [7, 11) is 0. The Kier molecular flexibility index (Phi) is 3.94. The van der Waals surface area contributed by atoms with Crippen molar-refractivity contribution in [1.29, 1.82) is 0 Å². The van der Waals surface area contributed by atoms with Gasteiger partial charge in [-0.15, -0.1) is 0 Å². The number of hydrogen-bond donors (Lipinski definition) is 2. The van der Waals surface area contributed by atoms with E-state index in [1.165, 1.54) is 6.20 Å². The first kappa shape index (κ1) is 12.6. The van der Waals surface area contributed by atoms with Crippen LogP contribution in [0.4, 0.5) is 5.69 Å². The highest BCUT2D eigenvalue weighted by Crippen LogP contribution is 2.12. The Bertz CT molecular complexity index is 572. The van der Waals surface area contributed by atoms with Gasteiger partial charge < -0.3 is 11.1 Å². The van der Waals surface area contributed by atoms with Gasteiger partial charge in [0.05, 0.1) is 5.56 Å². The summed E-state index contributed by atoms with van der Waals surface area (Å²) >= 11 is 3.38. The predicted octanol–water partition coefficient (Wildman–Crippen LogP) is 2.36. The van der Waals surface area contributed by atoms with E-state index in [1.807, 2.05) is 24.3 Å². The molecule has 18 heavy (non-hydrogen) atoms. The van der Waals surface area contributed by atoms with E-state index >= 15 is 0 Å². The van der Waals surface area contributed by atoms with Crippen molar-refractivity contribution in [1.82, 2.24) is 10.3 Å². The summed E-state index contributed by atoms with van der Waals surface area (Å²) in [5.41, 5.74) is 7.54. The third kappa shape index (κ3) is 3.07. The molecule has 0 radical (unpaired) electrons. The number of carbonyl (C=O) groups excluding carboxylic acids is 1. The number of hydrogen-bond acceptors (Lipinski definition) is 3. The van der Waals surface area contributed by atoms with Crippen LogP contribution in [0.15, 0.2) is 47.2 Å². The number of halogens is 1. The van der Waals surface area contributed by atoms with Gasteiger partial charge in [-0.05, 0) is 23.8 Å². The Morgan fingerprint density at radius 1 is 1.39 bits per heavy atom. The largest absolute Gasteiger partial charge is 0.398 e. The molecule has 0 aliphatic carbocycles. The molecule has 0 spiro atoms. The van der Waals surface area contributed by atoms with E-state index in [9.17, 15) is 4.79 Å². The molecule has 0 aliphatic heterocycles. The number of anilines is 1. The average molecular weight is 306 g/mol. The molecule has 2 aromatic rings. The van der Waals surface area contributed by atoms with Crippen LogP contribution in [0.1, 0.15) is 15.9 Å². The maximum Gasteiger partial charge on any atom is 0.255 e. The first-order valence-electron chi connectivity index (χ1n) is 5.39. The van der Waals surface area contributed by atoms with Gasteiger partial charge in [-0.3, -0.25) is 9.78 Å². The maximum atomic E-state index is 11.9. The number of nitrogens with two attached hydrogens (primary N) is 1. The monoisotopic (exact) mass is 305 g/mol. The van der Waals surface area contributed by atoms with Crippen LogP contribution in [0.3, 0.4) is 0 Å². The number of benzene rings is 1. The minimum Gasteiger partial charge on any atom is -0.398 e. The zero-order chi connectivity index (χ0) is 13.0. The lowest BCUT2D eigenvalue weighted by Gasteiger charge is -2.07. The van der Waals surface area contributed by atoms with Crippen LogP contribution in [0.25, 0.3) is 0 Å². The first-order chi connectivity index (χ1) is 8.66. The quantitative estimate of drug-likeness (QED) is 0.914. The van der Waals surface area contributed by atoms with Crippen LogP contribution in [0.2, 0.25) is 0 Å². The van der Waals surface area contributed by atoms with E-state index in [4.69, 9.17) is 5.73 Å². The molecule has 2 rings (SSSR count). The van der Waals surface area contributed by atoms with E-state index in [1.54, 1.807) is 12.3 Å². The van der Waals surface area contributed by atoms with Crippen LogP contribution in [-0.4, -0.2) is 10.9 Å². The molecule has 4 nitrogen and oxygen atoms in total. The normalized spacial score (nSPS) is 10.1. The van der Waals surface area contributed by atoms with Crippen LogP contribution < -0.4 is 11.1 Å². The Morgan fingerprint density at radius 2 is 2.22 bits per heavy atom. The summed E-state index contributed by atoms with van der Waals surface area (Å²) in [6, 6.07) is 9.35. The van der Waals surface area contributed by atoms with Gasteiger partial charge in [0, 0.05) is 29.1 Å². The third-order valence-electron chi connectivity index (χ3n) is 2.44. The second-order valence-corrected chi connectivity index (χ2v) is 4.69. The number of rotatable bonds is 3. The Hall–Kier alpha value is -1.88. The Balaban J connectivity index is 2.03. The highest BCUT2D eigenvalue weighted by Gasteiger charge is 2.08. The van der Waals surface area contributed by atoms with Gasteiger partial charge in [-0.1, -0.05) is 28.1 Å². The summed E-state index contributed by atoms with van der Waals surface area (Å²) in [5.74, 6) is -0.222. The van der Waals surface area contributed by atoms with Crippen molar-refractivity contribution in [3.05, 3.63) is 58.3 Å². The predicted molar refractivity (Wildman–Crippen MR) is 74.0 cm³/mol. The summed E-state index contributed by atoms with van der Waals surface area (Å²) < 4.78 is 0.982. The van der Waals surface area contributed by atoms with E-state index < -0.39 is 0 Å². The number of carbonyl (C=O) groups is 1. The summed E-state index contributed by atoms with van der Waals surface area (Å²) in [6.07, 6.45) is 3.02. The van der Waals surface area contributed by atoms with Crippen molar-refractivity contribution < 1.29 is 4.79 Å². The Labute approximate surface area is 113 Å². The van der Waals surface area contributed by atoms with Crippen molar-refractivity contribution >= 4 is 27.5 Å². The number of pyridine rings is 1. The number of aromatic nitrogens is 1. The molecule has 1 heterocycles. The number of amides is 1. The lowest BCUT2D eigenvalue weighted by molar-refractivity contribution is 0.0951. The minimum absolute atomic E-state index is 0.222. The number of nitrogens with one attached hydrogen (secondary N) is 1. The van der Waals surface area contributed by atoms with Gasteiger partial charge in [0.15, 0.2) is 0 Å². The first-order valence-corrected chi connectivity index (χ1v) is 6.18.